The fraction of sp³-hybridized carbons (Fsp3) is 0.562. The second-order valence-electron chi connectivity index (χ2n) is 5.82. The van der Waals surface area contributed by atoms with Gasteiger partial charge in [-0.25, -0.2) is 0 Å². The maximum atomic E-state index is 12.5. The highest BCUT2D eigenvalue weighted by atomic mass is 16.3. The number of amides is 1. The zero-order chi connectivity index (χ0) is 15.4. The summed E-state index contributed by atoms with van der Waals surface area (Å²) in [5.41, 5.74) is 0.333. The summed E-state index contributed by atoms with van der Waals surface area (Å²) in [5.74, 6) is 0.0685. The maximum Gasteiger partial charge on any atom is 0.254 e. The highest BCUT2D eigenvalue weighted by molar-refractivity contribution is 5.95. The summed E-state index contributed by atoms with van der Waals surface area (Å²) in [6, 6.07) is 4.47. The highest BCUT2D eigenvalue weighted by Gasteiger charge is 2.28. The molecule has 0 aromatic heterocycles. The quantitative estimate of drug-likeness (QED) is 0.793. The van der Waals surface area contributed by atoms with Crippen LogP contribution in [0.15, 0.2) is 18.2 Å². The van der Waals surface area contributed by atoms with Crippen molar-refractivity contribution in [3.05, 3.63) is 23.8 Å². The first-order chi connectivity index (χ1) is 10.0. The van der Waals surface area contributed by atoms with Gasteiger partial charge in [-0.15, -0.1) is 0 Å². The van der Waals surface area contributed by atoms with Crippen molar-refractivity contribution in [2.45, 2.75) is 32.7 Å². The van der Waals surface area contributed by atoms with Gasteiger partial charge in [-0.2, -0.15) is 0 Å². The first kappa shape index (κ1) is 15.6. The molecule has 2 atom stereocenters. The second kappa shape index (κ2) is 6.80. The van der Waals surface area contributed by atoms with E-state index in [0.717, 1.165) is 19.4 Å². The van der Waals surface area contributed by atoms with Gasteiger partial charge in [0.05, 0.1) is 0 Å². The number of hydrogen-bond donors (Lipinski definition) is 3. The molecule has 0 bridgehead atoms. The van der Waals surface area contributed by atoms with Gasteiger partial charge in [0.15, 0.2) is 0 Å². The number of likely N-dealkylation sites (tertiary alicyclic amines) is 1. The molecule has 0 radical (unpaired) electrons. The van der Waals surface area contributed by atoms with Crippen LogP contribution in [0.1, 0.15) is 37.0 Å². The number of phenolic OH excluding ortho intramolecular Hbond substituents is 2. The van der Waals surface area contributed by atoms with Crippen molar-refractivity contribution < 1.29 is 15.0 Å². The molecule has 0 aliphatic carbocycles. The molecule has 1 fully saturated rings. The highest BCUT2D eigenvalue weighted by Crippen LogP contribution is 2.24. The number of nitrogens with zero attached hydrogens (tertiary/aromatic N) is 1. The number of carbonyl (C=O) groups excluding carboxylic acids is 1. The number of carbonyl (C=O) groups is 1. The van der Waals surface area contributed by atoms with Crippen LogP contribution in [0.5, 0.6) is 11.5 Å². The van der Waals surface area contributed by atoms with Crippen LogP contribution in [0.3, 0.4) is 0 Å². The van der Waals surface area contributed by atoms with Gasteiger partial charge in [-0.1, -0.05) is 13.8 Å². The van der Waals surface area contributed by atoms with Crippen LogP contribution >= 0.6 is 0 Å². The number of hydrogen-bond acceptors (Lipinski definition) is 4. The van der Waals surface area contributed by atoms with Crippen LogP contribution in [0.2, 0.25) is 0 Å². The van der Waals surface area contributed by atoms with E-state index >= 15 is 0 Å². The van der Waals surface area contributed by atoms with E-state index in [9.17, 15) is 15.0 Å². The Morgan fingerprint density at radius 2 is 2.00 bits per heavy atom. The molecular weight excluding hydrogens is 268 g/mol. The molecule has 1 amide bonds. The van der Waals surface area contributed by atoms with Crippen molar-refractivity contribution in [1.82, 2.24) is 10.2 Å². The lowest BCUT2D eigenvalue weighted by Crippen LogP contribution is -2.50. The van der Waals surface area contributed by atoms with E-state index in [1.807, 2.05) is 0 Å². The standard InChI is InChI=1S/C16H24N2O3/c1-3-5-17-15-4-6-18(10-11(15)2)16(21)12-7-13(19)9-14(20)8-12/h7-9,11,15,17,19-20H,3-6,10H2,1-2H3. The maximum absolute atomic E-state index is 12.5. The summed E-state index contributed by atoms with van der Waals surface area (Å²) in [7, 11) is 0. The fourth-order valence-corrected chi connectivity index (χ4v) is 2.86. The molecule has 21 heavy (non-hydrogen) atoms. The third-order valence-corrected chi connectivity index (χ3v) is 4.00. The summed E-state index contributed by atoms with van der Waals surface area (Å²) in [6.45, 7) is 6.68. The third kappa shape index (κ3) is 3.88. The van der Waals surface area contributed by atoms with Gasteiger partial charge >= 0.3 is 0 Å². The van der Waals surface area contributed by atoms with E-state index in [0.29, 0.717) is 30.6 Å². The Labute approximate surface area is 125 Å². The van der Waals surface area contributed by atoms with Crippen molar-refractivity contribution in [3.8, 4) is 11.5 Å². The summed E-state index contributed by atoms with van der Waals surface area (Å²) in [6.07, 6.45) is 2.03. The van der Waals surface area contributed by atoms with Crippen molar-refractivity contribution in [1.29, 1.82) is 0 Å². The predicted octanol–water partition coefficient (Wildman–Crippen LogP) is 1.95. The molecule has 5 heteroatoms. The zero-order valence-electron chi connectivity index (χ0n) is 12.7. The van der Waals surface area contributed by atoms with E-state index in [2.05, 4.69) is 19.2 Å². The first-order valence-corrected chi connectivity index (χ1v) is 7.57. The van der Waals surface area contributed by atoms with Crippen LogP contribution in [-0.4, -0.2) is 46.7 Å². The Bertz CT molecular complexity index is 484. The van der Waals surface area contributed by atoms with Crippen LogP contribution in [-0.2, 0) is 0 Å². The van der Waals surface area contributed by atoms with E-state index in [1.54, 1.807) is 4.90 Å². The summed E-state index contributed by atoms with van der Waals surface area (Å²) in [4.78, 5) is 14.2. The van der Waals surface area contributed by atoms with Gasteiger partial charge in [0.25, 0.3) is 5.91 Å². The predicted molar refractivity (Wildman–Crippen MR) is 81.5 cm³/mol. The lowest BCUT2D eigenvalue weighted by atomic mass is 9.93. The van der Waals surface area contributed by atoms with Crippen LogP contribution in [0.25, 0.3) is 0 Å². The minimum Gasteiger partial charge on any atom is -0.508 e. The lowest BCUT2D eigenvalue weighted by Gasteiger charge is -2.37. The SMILES string of the molecule is CCCNC1CCN(C(=O)c2cc(O)cc(O)c2)CC1C. The summed E-state index contributed by atoms with van der Waals surface area (Å²) < 4.78 is 0. The van der Waals surface area contributed by atoms with E-state index in [1.165, 1.54) is 18.2 Å². The minimum atomic E-state index is -0.137. The fourth-order valence-electron chi connectivity index (χ4n) is 2.86. The molecule has 1 aromatic rings. The van der Waals surface area contributed by atoms with E-state index < -0.39 is 0 Å². The zero-order valence-corrected chi connectivity index (χ0v) is 12.7. The van der Waals surface area contributed by atoms with E-state index in [-0.39, 0.29) is 17.4 Å². The number of rotatable bonds is 4. The van der Waals surface area contributed by atoms with Gasteiger partial charge in [0.1, 0.15) is 11.5 Å². The Balaban J connectivity index is 2.01. The molecule has 2 rings (SSSR count). The monoisotopic (exact) mass is 292 g/mol. The number of aromatic hydroxyl groups is 2. The van der Waals surface area contributed by atoms with Crippen molar-refractivity contribution in [2.75, 3.05) is 19.6 Å². The van der Waals surface area contributed by atoms with Gasteiger partial charge in [-0.05, 0) is 37.4 Å². The third-order valence-electron chi connectivity index (χ3n) is 4.00. The Morgan fingerprint density at radius 1 is 1.33 bits per heavy atom. The Morgan fingerprint density at radius 3 is 2.57 bits per heavy atom. The molecule has 116 valence electrons. The van der Waals surface area contributed by atoms with Crippen LogP contribution in [0.4, 0.5) is 0 Å². The average molecular weight is 292 g/mol. The molecule has 5 nitrogen and oxygen atoms in total. The van der Waals surface area contributed by atoms with Crippen molar-refractivity contribution >= 4 is 5.91 Å². The van der Waals surface area contributed by atoms with Crippen LogP contribution < -0.4 is 5.32 Å². The first-order valence-electron chi connectivity index (χ1n) is 7.57. The number of phenols is 2. The lowest BCUT2D eigenvalue weighted by molar-refractivity contribution is 0.0644. The minimum absolute atomic E-state index is 0.0918. The Kier molecular flexibility index (Phi) is 5.07. The Hall–Kier alpha value is -1.75. The van der Waals surface area contributed by atoms with Crippen molar-refractivity contribution in [2.24, 2.45) is 5.92 Å². The molecule has 0 spiro atoms. The number of nitrogens with one attached hydrogen (secondary N) is 1. The topological polar surface area (TPSA) is 72.8 Å². The second-order valence-corrected chi connectivity index (χ2v) is 5.82. The largest absolute Gasteiger partial charge is 0.508 e. The number of benzene rings is 1. The molecule has 1 aliphatic rings. The molecule has 0 saturated carbocycles. The molecular formula is C16H24N2O3. The van der Waals surface area contributed by atoms with Gasteiger partial charge in [0.2, 0.25) is 0 Å². The average Bonchev–Trinajstić information content (AvgIpc) is 2.44. The molecule has 1 heterocycles. The summed E-state index contributed by atoms with van der Waals surface area (Å²) in [5, 5.41) is 22.5. The van der Waals surface area contributed by atoms with Crippen molar-refractivity contribution in [3.63, 3.8) is 0 Å². The smallest absolute Gasteiger partial charge is 0.254 e. The molecule has 1 aliphatic heterocycles. The normalized spacial score (nSPS) is 22.3. The van der Waals surface area contributed by atoms with E-state index in [4.69, 9.17) is 0 Å². The molecule has 1 saturated heterocycles. The summed E-state index contributed by atoms with van der Waals surface area (Å²) >= 11 is 0. The van der Waals surface area contributed by atoms with Gasteiger partial charge in [0, 0.05) is 30.8 Å². The van der Waals surface area contributed by atoms with Crippen LogP contribution in [0, 0.1) is 5.92 Å². The molecule has 3 N–H and O–H groups in total. The number of piperidine rings is 1. The van der Waals surface area contributed by atoms with Gasteiger partial charge < -0.3 is 20.4 Å². The molecule has 2 unspecified atom stereocenters. The van der Waals surface area contributed by atoms with Gasteiger partial charge in [-0.3, -0.25) is 4.79 Å². The molecule has 1 aromatic carbocycles.